The Kier molecular flexibility index (Phi) is 4.84. The fourth-order valence-electron chi connectivity index (χ4n) is 1.96. The number of anilines is 1. The molecule has 0 bridgehead atoms. The van der Waals surface area contributed by atoms with Gasteiger partial charge in [-0.2, -0.15) is 0 Å². The maximum Gasteiger partial charge on any atom is 0.250 e. The first-order chi connectivity index (χ1) is 9.56. The molecule has 2 rings (SSSR count). The summed E-state index contributed by atoms with van der Waals surface area (Å²) in [6.07, 6.45) is 0.515. The van der Waals surface area contributed by atoms with Crippen molar-refractivity contribution in [2.75, 3.05) is 5.32 Å². The van der Waals surface area contributed by atoms with Gasteiger partial charge >= 0.3 is 0 Å². The van der Waals surface area contributed by atoms with Crippen LogP contribution in [-0.2, 0) is 9.67 Å². The third kappa shape index (κ3) is 3.22. The van der Waals surface area contributed by atoms with E-state index in [9.17, 15) is 4.79 Å². The molecular formula is C16H15BrClNO. The normalized spacial score (nSPS) is 13.6. The fraction of sp³-hybridized carbons (Fsp3) is 0.188. The molecule has 1 atom stereocenters. The minimum Gasteiger partial charge on any atom is -0.324 e. The van der Waals surface area contributed by atoms with Crippen molar-refractivity contribution in [3.8, 4) is 0 Å². The van der Waals surface area contributed by atoms with Crippen LogP contribution in [0, 0.1) is 0 Å². The van der Waals surface area contributed by atoms with Gasteiger partial charge in [-0.25, -0.2) is 0 Å². The molecule has 0 aliphatic rings. The van der Waals surface area contributed by atoms with Gasteiger partial charge in [0.15, 0.2) is 0 Å². The highest BCUT2D eigenvalue weighted by molar-refractivity contribution is 9.10. The van der Waals surface area contributed by atoms with Gasteiger partial charge in [-0.3, -0.25) is 4.79 Å². The third-order valence-electron chi connectivity index (χ3n) is 3.18. The SMILES string of the molecule is CCC(Cl)(C(=O)Nc1ccc(Br)cc1)c1ccccc1. The molecule has 1 N–H and O–H groups in total. The van der Waals surface area contributed by atoms with E-state index >= 15 is 0 Å². The molecule has 0 saturated carbocycles. The van der Waals surface area contributed by atoms with Gasteiger partial charge in [0.05, 0.1) is 0 Å². The van der Waals surface area contributed by atoms with Crippen molar-refractivity contribution in [1.29, 1.82) is 0 Å². The van der Waals surface area contributed by atoms with E-state index in [1.165, 1.54) is 0 Å². The Morgan fingerprint density at radius 1 is 1.15 bits per heavy atom. The number of hydrogen-bond donors (Lipinski definition) is 1. The van der Waals surface area contributed by atoms with E-state index < -0.39 is 4.87 Å². The van der Waals surface area contributed by atoms with E-state index in [0.29, 0.717) is 6.42 Å². The molecular weight excluding hydrogens is 338 g/mol. The second-order valence-corrected chi connectivity index (χ2v) is 6.04. The van der Waals surface area contributed by atoms with Crippen LogP contribution in [0.2, 0.25) is 0 Å². The number of alkyl halides is 1. The van der Waals surface area contributed by atoms with Crippen LogP contribution in [0.25, 0.3) is 0 Å². The van der Waals surface area contributed by atoms with E-state index in [4.69, 9.17) is 11.6 Å². The van der Waals surface area contributed by atoms with Crippen LogP contribution in [0.1, 0.15) is 18.9 Å². The molecule has 1 unspecified atom stereocenters. The average molecular weight is 353 g/mol. The summed E-state index contributed by atoms with van der Waals surface area (Å²) in [5, 5.41) is 2.87. The summed E-state index contributed by atoms with van der Waals surface area (Å²) in [7, 11) is 0. The highest BCUT2D eigenvalue weighted by atomic mass is 79.9. The van der Waals surface area contributed by atoms with E-state index in [-0.39, 0.29) is 5.91 Å². The number of rotatable bonds is 4. The summed E-state index contributed by atoms with van der Waals surface area (Å²) in [4.78, 5) is 11.4. The lowest BCUT2D eigenvalue weighted by molar-refractivity contribution is -0.119. The molecule has 0 aromatic heterocycles. The zero-order valence-electron chi connectivity index (χ0n) is 11.1. The third-order valence-corrected chi connectivity index (χ3v) is 4.37. The molecule has 104 valence electrons. The largest absolute Gasteiger partial charge is 0.324 e. The standard InChI is InChI=1S/C16H15BrClNO/c1-2-16(18,12-6-4-3-5-7-12)15(20)19-14-10-8-13(17)9-11-14/h3-11H,2H2,1H3,(H,19,20). The van der Waals surface area contributed by atoms with Gasteiger partial charge in [-0.15, -0.1) is 11.6 Å². The van der Waals surface area contributed by atoms with Crippen molar-refractivity contribution in [3.05, 3.63) is 64.6 Å². The molecule has 2 nitrogen and oxygen atoms in total. The maximum absolute atomic E-state index is 12.5. The van der Waals surface area contributed by atoms with E-state index in [2.05, 4.69) is 21.2 Å². The summed E-state index contributed by atoms with van der Waals surface area (Å²) in [5.74, 6) is -0.213. The Labute approximate surface area is 132 Å². The zero-order valence-corrected chi connectivity index (χ0v) is 13.4. The number of amides is 1. The number of benzene rings is 2. The smallest absolute Gasteiger partial charge is 0.250 e. The van der Waals surface area contributed by atoms with Crippen LogP contribution in [0.3, 0.4) is 0 Å². The van der Waals surface area contributed by atoms with Gasteiger partial charge in [-0.1, -0.05) is 53.2 Å². The minimum atomic E-state index is -1.05. The maximum atomic E-state index is 12.5. The van der Waals surface area contributed by atoms with Crippen LogP contribution in [0.5, 0.6) is 0 Å². The van der Waals surface area contributed by atoms with Crippen molar-refractivity contribution in [2.45, 2.75) is 18.2 Å². The highest BCUT2D eigenvalue weighted by Crippen LogP contribution is 2.34. The van der Waals surface area contributed by atoms with Gasteiger partial charge in [0.25, 0.3) is 0 Å². The summed E-state index contributed by atoms with van der Waals surface area (Å²) in [5.41, 5.74) is 1.53. The number of nitrogens with one attached hydrogen (secondary N) is 1. The van der Waals surface area contributed by atoms with Gasteiger partial charge in [0, 0.05) is 10.2 Å². The molecule has 0 saturated heterocycles. The lowest BCUT2D eigenvalue weighted by Crippen LogP contribution is -2.34. The van der Waals surface area contributed by atoms with Gasteiger partial charge in [0.2, 0.25) is 5.91 Å². The molecule has 2 aromatic carbocycles. The van der Waals surface area contributed by atoms with Crippen LogP contribution < -0.4 is 5.32 Å². The molecule has 0 aliphatic carbocycles. The summed E-state index contributed by atoms with van der Waals surface area (Å²) < 4.78 is 0.964. The topological polar surface area (TPSA) is 29.1 Å². The number of hydrogen-bond acceptors (Lipinski definition) is 1. The number of carbonyl (C=O) groups excluding carboxylic acids is 1. The van der Waals surface area contributed by atoms with E-state index in [1.54, 1.807) is 0 Å². The Balaban J connectivity index is 2.23. The Morgan fingerprint density at radius 2 is 1.75 bits per heavy atom. The van der Waals surface area contributed by atoms with Crippen molar-refractivity contribution < 1.29 is 4.79 Å². The molecule has 0 aliphatic heterocycles. The Morgan fingerprint density at radius 3 is 2.30 bits per heavy atom. The van der Waals surface area contributed by atoms with Crippen LogP contribution in [0.15, 0.2) is 59.1 Å². The Hall–Kier alpha value is -1.32. The average Bonchev–Trinajstić information content (AvgIpc) is 2.49. The first-order valence-electron chi connectivity index (χ1n) is 6.37. The van der Waals surface area contributed by atoms with Crippen LogP contribution in [-0.4, -0.2) is 5.91 Å². The highest BCUT2D eigenvalue weighted by Gasteiger charge is 2.36. The minimum absolute atomic E-state index is 0.213. The van der Waals surface area contributed by atoms with Crippen molar-refractivity contribution in [3.63, 3.8) is 0 Å². The summed E-state index contributed by atoms with van der Waals surface area (Å²) in [6.45, 7) is 1.90. The molecule has 0 heterocycles. The van der Waals surface area contributed by atoms with E-state index in [1.807, 2.05) is 61.5 Å². The van der Waals surface area contributed by atoms with Crippen molar-refractivity contribution in [1.82, 2.24) is 0 Å². The first-order valence-corrected chi connectivity index (χ1v) is 7.55. The lowest BCUT2D eigenvalue weighted by Gasteiger charge is -2.25. The number of halogens is 2. The van der Waals surface area contributed by atoms with Crippen molar-refractivity contribution in [2.24, 2.45) is 0 Å². The van der Waals surface area contributed by atoms with Gasteiger partial charge < -0.3 is 5.32 Å². The molecule has 20 heavy (non-hydrogen) atoms. The van der Waals surface area contributed by atoms with E-state index in [0.717, 1.165) is 15.7 Å². The molecule has 4 heteroatoms. The summed E-state index contributed by atoms with van der Waals surface area (Å²) >= 11 is 9.92. The number of carbonyl (C=O) groups is 1. The van der Waals surface area contributed by atoms with Crippen LogP contribution >= 0.6 is 27.5 Å². The quantitative estimate of drug-likeness (QED) is 0.776. The predicted octanol–water partition coefficient (Wildman–Crippen LogP) is 4.93. The second-order valence-electron chi connectivity index (χ2n) is 4.48. The summed E-state index contributed by atoms with van der Waals surface area (Å²) in [6, 6.07) is 16.8. The molecule has 1 amide bonds. The Bertz CT molecular complexity index is 585. The first kappa shape index (κ1) is 15.1. The molecule has 2 aromatic rings. The van der Waals surface area contributed by atoms with Crippen molar-refractivity contribution >= 4 is 39.1 Å². The monoisotopic (exact) mass is 351 g/mol. The predicted molar refractivity (Wildman–Crippen MR) is 87.0 cm³/mol. The van der Waals surface area contributed by atoms with Gasteiger partial charge in [-0.05, 0) is 36.2 Å². The zero-order chi connectivity index (χ0) is 14.6. The second kappa shape index (κ2) is 6.42. The molecule has 0 radical (unpaired) electrons. The van der Waals surface area contributed by atoms with Crippen LogP contribution in [0.4, 0.5) is 5.69 Å². The molecule has 0 spiro atoms. The molecule has 0 fully saturated rings. The fourth-order valence-corrected chi connectivity index (χ4v) is 2.40. The lowest BCUT2D eigenvalue weighted by atomic mass is 9.94. The van der Waals surface area contributed by atoms with Gasteiger partial charge in [0.1, 0.15) is 4.87 Å².